The third-order valence-electron chi connectivity index (χ3n) is 4.00. The summed E-state index contributed by atoms with van der Waals surface area (Å²) in [5, 5.41) is 10.2. The Morgan fingerprint density at radius 2 is 1.92 bits per heavy atom. The number of aromatic nitrogens is 2. The fourth-order valence-corrected chi connectivity index (χ4v) is 3.04. The first-order valence-electron chi connectivity index (χ1n) is 7.69. The highest BCUT2D eigenvalue weighted by molar-refractivity contribution is 6.42. The van der Waals surface area contributed by atoms with Crippen molar-refractivity contribution in [3.8, 4) is 6.07 Å². The molecule has 1 saturated heterocycles. The van der Waals surface area contributed by atoms with Crippen molar-refractivity contribution >= 4 is 29.0 Å². The molecule has 0 unspecified atom stereocenters. The standard InChI is InChI=1S/C17H16Cl2N4O/c18-14-2-1-12(9-15(14)19)11-24-13-3-7-23(8-4-13)17-16(10-20)21-5-6-22-17/h1-2,5-6,9,13H,3-4,7-8,11H2. The van der Waals surface area contributed by atoms with Crippen LogP contribution in [-0.2, 0) is 11.3 Å². The molecule has 1 aliphatic heterocycles. The second kappa shape index (κ2) is 7.80. The van der Waals surface area contributed by atoms with E-state index in [2.05, 4.69) is 20.9 Å². The van der Waals surface area contributed by atoms with E-state index in [0.717, 1.165) is 31.5 Å². The zero-order chi connectivity index (χ0) is 16.9. The van der Waals surface area contributed by atoms with E-state index in [0.29, 0.717) is 28.2 Å². The fourth-order valence-electron chi connectivity index (χ4n) is 2.72. The molecule has 24 heavy (non-hydrogen) atoms. The van der Waals surface area contributed by atoms with Crippen molar-refractivity contribution < 1.29 is 4.74 Å². The highest BCUT2D eigenvalue weighted by atomic mass is 35.5. The zero-order valence-corrected chi connectivity index (χ0v) is 14.5. The number of nitrogens with zero attached hydrogens (tertiary/aromatic N) is 4. The smallest absolute Gasteiger partial charge is 0.183 e. The molecule has 0 amide bonds. The lowest BCUT2D eigenvalue weighted by molar-refractivity contribution is 0.0250. The van der Waals surface area contributed by atoms with Crippen molar-refractivity contribution in [2.45, 2.75) is 25.6 Å². The van der Waals surface area contributed by atoms with Gasteiger partial charge < -0.3 is 9.64 Å². The van der Waals surface area contributed by atoms with Crippen molar-refractivity contribution in [3.05, 3.63) is 51.9 Å². The Morgan fingerprint density at radius 3 is 2.62 bits per heavy atom. The van der Waals surface area contributed by atoms with Gasteiger partial charge in [0.05, 0.1) is 22.8 Å². The van der Waals surface area contributed by atoms with E-state index in [9.17, 15) is 0 Å². The van der Waals surface area contributed by atoms with Crippen LogP contribution < -0.4 is 4.90 Å². The number of hydrogen-bond acceptors (Lipinski definition) is 5. The van der Waals surface area contributed by atoms with Crippen LogP contribution in [0.15, 0.2) is 30.6 Å². The van der Waals surface area contributed by atoms with Gasteiger partial charge in [-0.05, 0) is 30.5 Å². The highest BCUT2D eigenvalue weighted by Gasteiger charge is 2.22. The van der Waals surface area contributed by atoms with Gasteiger partial charge in [-0.3, -0.25) is 0 Å². The normalized spacial score (nSPS) is 15.3. The number of anilines is 1. The Balaban J connectivity index is 1.54. The van der Waals surface area contributed by atoms with E-state index in [-0.39, 0.29) is 6.10 Å². The molecule has 124 valence electrons. The van der Waals surface area contributed by atoms with Gasteiger partial charge in [-0.1, -0.05) is 29.3 Å². The molecule has 1 aromatic carbocycles. The van der Waals surface area contributed by atoms with Crippen molar-refractivity contribution in [2.24, 2.45) is 0 Å². The summed E-state index contributed by atoms with van der Waals surface area (Å²) in [4.78, 5) is 10.4. The second-order valence-corrected chi connectivity index (χ2v) is 6.40. The Kier molecular flexibility index (Phi) is 5.52. The molecule has 0 atom stereocenters. The molecule has 5 nitrogen and oxygen atoms in total. The summed E-state index contributed by atoms with van der Waals surface area (Å²) in [7, 11) is 0. The molecule has 7 heteroatoms. The molecule has 2 heterocycles. The van der Waals surface area contributed by atoms with Gasteiger partial charge in [-0.25, -0.2) is 9.97 Å². The maximum Gasteiger partial charge on any atom is 0.183 e. The Morgan fingerprint density at radius 1 is 1.17 bits per heavy atom. The first-order chi connectivity index (χ1) is 11.7. The van der Waals surface area contributed by atoms with Crippen LogP contribution in [-0.4, -0.2) is 29.2 Å². The molecule has 0 aliphatic carbocycles. The highest BCUT2D eigenvalue weighted by Crippen LogP contribution is 2.25. The van der Waals surface area contributed by atoms with Crippen LogP contribution in [0.4, 0.5) is 5.82 Å². The fraction of sp³-hybridized carbons (Fsp3) is 0.353. The average molecular weight is 363 g/mol. The molecular weight excluding hydrogens is 347 g/mol. The zero-order valence-electron chi connectivity index (χ0n) is 13.0. The Labute approximate surface area is 150 Å². The van der Waals surface area contributed by atoms with Crippen LogP contribution >= 0.6 is 23.2 Å². The molecule has 1 aromatic heterocycles. The van der Waals surface area contributed by atoms with Crippen molar-refractivity contribution in [3.63, 3.8) is 0 Å². The molecule has 0 radical (unpaired) electrons. The quantitative estimate of drug-likeness (QED) is 0.826. The number of hydrogen-bond donors (Lipinski definition) is 0. The maximum atomic E-state index is 9.13. The largest absolute Gasteiger partial charge is 0.373 e. The number of halogens is 2. The lowest BCUT2D eigenvalue weighted by Crippen LogP contribution is -2.38. The predicted molar refractivity (Wildman–Crippen MR) is 93.2 cm³/mol. The van der Waals surface area contributed by atoms with Crippen molar-refractivity contribution in [1.29, 1.82) is 5.26 Å². The lowest BCUT2D eigenvalue weighted by Gasteiger charge is -2.32. The van der Waals surface area contributed by atoms with E-state index >= 15 is 0 Å². The minimum Gasteiger partial charge on any atom is -0.373 e. The molecule has 3 rings (SSSR count). The van der Waals surface area contributed by atoms with Crippen LogP contribution in [0, 0.1) is 11.3 Å². The summed E-state index contributed by atoms with van der Waals surface area (Å²) in [5.41, 5.74) is 1.38. The number of ether oxygens (including phenoxy) is 1. The molecule has 1 aliphatic rings. The molecule has 0 N–H and O–H groups in total. The minimum atomic E-state index is 0.179. The predicted octanol–water partition coefficient (Wildman–Crippen LogP) is 3.84. The Bertz CT molecular complexity index is 754. The van der Waals surface area contributed by atoms with E-state index in [1.54, 1.807) is 12.3 Å². The van der Waals surface area contributed by atoms with Crippen LogP contribution in [0.1, 0.15) is 24.1 Å². The summed E-state index contributed by atoms with van der Waals surface area (Å²) in [6.07, 6.45) is 5.09. The van der Waals surface area contributed by atoms with Crippen LogP contribution in [0.2, 0.25) is 10.0 Å². The van der Waals surface area contributed by atoms with Crippen LogP contribution in [0.5, 0.6) is 0 Å². The maximum absolute atomic E-state index is 9.13. The van der Waals surface area contributed by atoms with Gasteiger partial charge in [-0.2, -0.15) is 5.26 Å². The van der Waals surface area contributed by atoms with Gasteiger partial charge in [0.1, 0.15) is 6.07 Å². The second-order valence-electron chi connectivity index (χ2n) is 5.59. The monoisotopic (exact) mass is 362 g/mol. The summed E-state index contributed by atoms with van der Waals surface area (Å²) in [6.45, 7) is 2.09. The average Bonchev–Trinajstić information content (AvgIpc) is 2.63. The first-order valence-corrected chi connectivity index (χ1v) is 8.44. The van der Waals surface area contributed by atoms with Gasteiger partial charge in [0, 0.05) is 25.5 Å². The first kappa shape index (κ1) is 17.0. The van der Waals surface area contributed by atoms with Gasteiger partial charge >= 0.3 is 0 Å². The number of benzene rings is 1. The minimum absolute atomic E-state index is 0.179. The summed E-state index contributed by atoms with van der Waals surface area (Å²) in [5.74, 6) is 0.655. The van der Waals surface area contributed by atoms with Gasteiger partial charge in [0.15, 0.2) is 11.5 Å². The summed E-state index contributed by atoms with van der Waals surface area (Å²) < 4.78 is 5.98. The molecule has 0 spiro atoms. The number of piperidine rings is 1. The molecule has 0 saturated carbocycles. The van der Waals surface area contributed by atoms with Crippen molar-refractivity contribution in [1.82, 2.24) is 9.97 Å². The molecule has 2 aromatic rings. The van der Waals surface area contributed by atoms with E-state index in [4.69, 9.17) is 33.2 Å². The summed E-state index contributed by atoms with van der Waals surface area (Å²) >= 11 is 11.9. The molecule has 1 fully saturated rings. The van der Waals surface area contributed by atoms with Gasteiger partial charge in [0.25, 0.3) is 0 Å². The van der Waals surface area contributed by atoms with Crippen molar-refractivity contribution in [2.75, 3.05) is 18.0 Å². The SMILES string of the molecule is N#Cc1nccnc1N1CCC(OCc2ccc(Cl)c(Cl)c2)CC1. The third kappa shape index (κ3) is 3.96. The van der Waals surface area contributed by atoms with E-state index in [1.165, 1.54) is 6.20 Å². The number of rotatable bonds is 4. The lowest BCUT2D eigenvalue weighted by atomic mass is 10.1. The van der Waals surface area contributed by atoms with Gasteiger partial charge in [0.2, 0.25) is 0 Å². The molecule has 0 bridgehead atoms. The van der Waals surface area contributed by atoms with E-state index < -0.39 is 0 Å². The van der Waals surface area contributed by atoms with Gasteiger partial charge in [-0.15, -0.1) is 0 Å². The third-order valence-corrected chi connectivity index (χ3v) is 4.74. The van der Waals surface area contributed by atoms with E-state index in [1.807, 2.05) is 12.1 Å². The number of nitriles is 1. The topological polar surface area (TPSA) is 62.0 Å². The Hall–Kier alpha value is -1.87. The van der Waals surface area contributed by atoms with Crippen LogP contribution in [0.3, 0.4) is 0 Å². The summed E-state index contributed by atoms with van der Waals surface area (Å²) in [6, 6.07) is 7.62. The van der Waals surface area contributed by atoms with Crippen LogP contribution in [0.25, 0.3) is 0 Å². The molecular formula is C17H16Cl2N4O.